The molecule has 1 atom stereocenters. The number of hydrogen-bond acceptors (Lipinski definition) is 4. The molecule has 47 heavy (non-hydrogen) atoms. The Kier molecular flexibility index (Phi) is 11.2. The molecule has 0 aromatic heterocycles. The van der Waals surface area contributed by atoms with Gasteiger partial charge in [-0.25, -0.2) is 4.79 Å². The number of nitrogens with one attached hydrogen (secondary N) is 1. The summed E-state index contributed by atoms with van der Waals surface area (Å²) in [7, 11) is 0. The minimum absolute atomic E-state index is 0.0463. The van der Waals surface area contributed by atoms with Gasteiger partial charge in [0.25, 0.3) is 0 Å². The van der Waals surface area contributed by atoms with Gasteiger partial charge in [0, 0.05) is 56.9 Å². The zero-order valence-corrected chi connectivity index (χ0v) is 28.7. The van der Waals surface area contributed by atoms with E-state index in [1.807, 2.05) is 28.0 Å². The molecule has 0 aliphatic carbocycles. The maximum Gasteiger partial charge on any atom is 0.322 e. The van der Waals surface area contributed by atoms with E-state index in [2.05, 4.69) is 53.2 Å². The summed E-state index contributed by atoms with van der Waals surface area (Å²) in [6.07, 6.45) is 11.1. The third kappa shape index (κ3) is 8.02. The molecule has 4 aliphatic rings. The number of likely N-dealkylation sites (tertiary alicyclic amines) is 3. The lowest BCUT2D eigenvalue weighted by Gasteiger charge is -2.41. The van der Waals surface area contributed by atoms with Gasteiger partial charge in [0.1, 0.15) is 0 Å². The van der Waals surface area contributed by atoms with Gasteiger partial charge in [0.15, 0.2) is 0 Å². The summed E-state index contributed by atoms with van der Waals surface area (Å²) >= 11 is 0. The number of hydrogen-bond donors (Lipinski definition) is 1. The van der Waals surface area contributed by atoms with Crippen molar-refractivity contribution in [1.29, 1.82) is 0 Å². The fraction of sp³-hybridized carbons (Fsp3) is 0.615. The predicted molar refractivity (Wildman–Crippen MR) is 188 cm³/mol. The first kappa shape index (κ1) is 33.5. The minimum Gasteiger partial charge on any atom is -0.343 e. The summed E-state index contributed by atoms with van der Waals surface area (Å²) in [5.74, 6) is -0.152. The van der Waals surface area contributed by atoms with Gasteiger partial charge in [-0.2, -0.15) is 0 Å². The summed E-state index contributed by atoms with van der Waals surface area (Å²) in [5, 5.41) is 3.09. The molecule has 0 saturated carbocycles. The van der Waals surface area contributed by atoms with Crippen molar-refractivity contribution in [3.05, 3.63) is 64.7 Å². The van der Waals surface area contributed by atoms with Gasteiger partial charge < -0.3 is 24.9 Å². The molecular formula is C39H55N5O3. The Hall–Kier alpha value is -3.39. The second-order valence-electron chi connectivity index (χ2n) is 14.2. The van der Waals surface area contributed by atoms with Crippen molar-refractivity contribution < 1.29 is 14.4 Å². The van der Waals surface area contributed by atoms with Crippen molar-refractivity contribution in [2.75, 3.05) is 51.1 Å². The molecule has 0 bridgehead atoms. The normalized spacial score (nSPS) is 20.8. The van der Waals surface area contributed by atoms with E-state index in [1.54, 1.807) is 0 Å². The van der Waals surface area contributed by atoms with Crippen LogP contribution in [-0.4, -0.2) is 95.3 Å². The standard InChI is InChI=1S/C39H55N5O3/c1-3-30-13-12-29(26-31(30)4-2)27-33(38(46)43-23-15-34(16-24-43)41-19-8-5-9-20-41)28-37(45)42-21-17-35(18-22-42)44-25-14-32-10-6-7-11-36(32)40-39(44)47/h6-7,10-13,26,33-35H,3-5,8-9,14-25,27-28H2,1-2H3,(H,40,47)/t33-/m0/s1. The second kappa shape index (κ2) is 15.7. The molecule has 0 unspecified atom stereocenters. The van der Waals surface area contributed by atoms with Crippen molar-refractivity contribution in [2.24, 2.45) is 5.92 Å². The number of carbonyl (C=O) groups excluding carboxylic acids is 3. The highest BCUT2D eigenvalue weighted by Gasteiger charge is 2.35. The number of rotatable bonds is 9. The third-order valence-electron chi connectivity index (χ3n) is 11.4. The molecule has 4 amide bonds. The fourth-order valence-electron chi connectivity index (χ4n) is 8.51. The number of fused-ring (bicyclic) bond motifs is 1. The number of piperidine rings is 3. The number of carbonyl (C=O) groups is 3. The molecule has 1 N–H and O–H groups in total. The fourth-order valence-corrected chi connectivity index (χ4v) is 8.51. The van der Waals surface area contributed by atoms with E-state index in [9.17, 15) is 14.4 Å². The number of benzene rings is 2. The van der Waals surface area contributed by atoms with Gasteiger partial charge >= 0.3 is 6.03 Å². The van der Waals surface area contributed by atoms with Crippen LogP contribution in [0.5, 0.6) is 0 Å². The Morgan fingerprint density at radius 3 is 2.19 bits per heavy atom. The number of urea groups is 1. The summed E-state index contributed by atoms with van der Waals surface area (Å²) in [4.78, 5) is 49.8. The molecule has 3 fully saturated rings. The maximum atomic E-state index is 14.2. The molecule has 0 spiro atoms. The Balaban J connectivity index is 1.09. The van der Waals surface area contributed by atoms with Crippen LogP contribution in [0.4, 0.5) is 10.5 Å². The van der Waals surface area contributed by atoms with E-state index >= 15 is 0 Å². The van der Waals surface area contributed by atoms with E-state index in [0.29, 0.717) is 32.1 Å². The lowest BCUT2D eigenvalue weighted by Crippen LogP contribution is -2.51. The van der Waals surface area contributed by atoms with Crippen LogP contribution in [0.2, 0.25) is 0 Å². The lowest BCUT2D eigenvalue weighted by molar-refractivity contribution is -0.143. The zero-order chi connectivity index (χ0) is 32.8. The van der Waals surface area contributed by atoms with Gasteiger partial charge in [-0.1, -0.05) is 56.7 Å². The number of nitrogens with zero attached hydrogens (tertiary/aromatic N) is 4. The molecule has 4 heterocycles. The third-order valence-corrected chi connectivity index (χ3v) is 11.4. The molecule has 6 rings (SSSR count). The van der Waals surface area contributed by atoms with Crippen molar-refractivity contribution in [1.82, 2.24) is 19.6 Å². The minimum atomic E-state index is -0.362. The van der Waals surface area contributed by atoms with Crippen molar-refractivity contribution in [3.63, 3.8) is 0 Å². The van der Waals surface area contributed by atoms with Crippen LogP contribution in [0.3, 0.4) is 0 Å². The smallest absolute Gasteiger partial charge is 0.322 e. The molecular weight excluding hydrogens is 586 g/mol. The highest BCUT2D eigenvalue weighted by molar-refractivity contribution is 5.91. The van der Waals surface area contributed by atoms with Crippen molar-refractivity contribution in [3.8, 4) is 0 Å². The van der Waals surface area contributed by atoms with Gasteiger partial charge in [-0.3, -0.25) is 9.59 Å². The first-order valence-electron chi connectivity index (χ1n) is 18.5. The SMILES string of the molecule is CCc1ccc(C[C@@H](CC(=O)N2CCC(N3CCc4ccccc4NC3=O)CC2)C(=O)N2CCC(N3CCCCC3)CC2)cc1CC. The molecule has 8 nitrogen and oxygen atoms in total. The zero-order valence-electron chi connectivity index (χ0n) is 28.7. The highest BCUT2D eigenvalue weighted by atomic mass is 16.2. The van der Waals surface area contributed by atoms with Crippen LogP contribution in [0, 0.1) is 5.92 Å². The summed E-state index contributed by atoms with van der Waals surface area (Å²) < 4.78 is 0. The topological polar surface area (TPSA) is 76.2 Å². The van der Waals surface area contributed by atoms with E-state index in [4.69, 9.17) is 0 Å². The first-order chi connectivity index (χ1) is 22.9. The molecule has 8 heteroatoms. The van der Waals surface area contributed by atoms with E-state index in [-0.39, 0.29) is 36.2 Å². The maximum absolute atomic E-state index is 14.2. The van der Waals surface area contributed by atoms with Crippen LogP contribution in [0.1, 0.15) is 87.5 Å². The Morgan fingerprint density at radius 2 is 1.47 bits per heavy atom. The van der Waals surface area contributed by atoms with Gasteiger partial charge in [-0.15, -0.1) is 0 Å². The van der Waals surface area contributed by atoms with Crippen LogP contribution in [-0.2, 0) is 35.3 Å². The van der Waals surface area contributed by atoms with Crippen LogP contribution >= 0.6 is 0 Å². The predicted octanol–water partition coefficient (Wildman–Crippen LogP) is 5.92. The van der Waals surface area contributed by atoms with Crippen LogP contribution in [0.15, 0.2) is 42.5 Å². The lowest BCUT2D eigenvalue weighted by atomic mass is 9.90. The summed E-state index contributed by atoms with van der Waals surface area (Å²) in [6.45, 7) is 10.2. The Labute approximate surface area is 281 Å². The van der Waals surface area contributed by atoms with E-state index < -0.39 is 0 Å². The van der Waals surface area contributed by atoms with Gasteiger partial charge in [-0.05, 0) is 106 Å². The Morgan fingerprint density at radius 1 is 0.787 bits per heavy atom. The summed E-state index contributed by atoms with van der Waals surface area (Å²) in [5.41, 5.74) is 5.92. The highest BCUT2D eigenvalue weighted by Crippen LogP contribution is 2.28. The molecule has 4 aliphatic heterocycles. The quantitative estimate of drug-likeness (QED) is 0.369. The van der Waals surface area contributed by atoms with Gasteiger partial charge in [0.05, 0.1) is 5.92 Å². The van der Waals surface area contributed by atoms with Crippen molar-refractivity contribution in [2.45, 2.75) is 103 Å². The first-order valence-corrected chi connectivity index (χ1v) is 18.5. The number of amides is 4. The molecule has 2 aromatic rings. The molecule has 0 radical (unpaired) electrons. The number of aryl methyl sites for hydroxylation is 2. The van der Waals surface area contributed by atoms with Crippen LogP contribution < -0.4 is 5.32 Å². The number of anilines is 1. The average molecular weight is 642 g/mol. The number of para-hydroxylation sites is 1. The largest absolute Gasteiger partial charge is 0.343 e. The van der Waals surface area contributed by atoms with Crippen LogP contribution in [0.25, 0.3) is 0 Å². The molecule has 2 aromatic carbocycles. The Bertz CT molecular complexity index is 1390. The monoisotopic (exact) mass is 641 g/mol. The van der Waals surface area contributed by atoms with E-state index in [0.717, 1.165) is 74.8 Å². The average Bonchev–Trinajstić information content (AvgIpc) is 3.29. The molecule has 254 valence electrons. The van der Waals surface area contributed by atoms with E-state index in [1.165, 1.54) is 43.5 Å². The molecule has 3 saturated heterocycles. The summed E-state index contributed by atoms with van der Waals surface area (Å²) in [6, 6.07) is 15.3. The van der Waals surface area contributed by atoms with Gasteiger partial charge in [0.2, 0.25) is 11.8 Å². The second-order valence-corrected chi connectivity index (χ2v) is 14.2. The van der Waals surface area contributed by atoms with Crippen molar-refractivity contribution >= 4 is 23.5 Å².